The van der Waals surface area contributed by atoms with Gasteiger partial charge in [-0.3, -0.25) is 14.5 Å². The van der Waals surface area contributed by atoms with Crippen LogP contribution in [0.25, 0.3) is 0 Å². The van der Waals surface area contributed by atoms with Crippen LogP contribution in [0.5, 0.6) is 0 Å². The third kappa shape index (κ3) is 3.51. The minimum atomic E-state index is -0.252. The van der Waals surface area contributed by atoms with E-state index in [9.17, 15) is 14.4 Å². The second-order valence-electron chi connectivity index (χ2n) is 6.00. The average Bonchev–Trinajstić information content (AvgIpc) is 3.07. The van der Waals surface area contributed by atoms with Gasteiger partial charge in [0.05, 0.1) is 0 Å². The van der Waals surface area contributed by atoms with E-state index in [1.807, 2.05) is 6.92 Å². The van der Waals surface area contributed by atoms with Crippen molar-refractivity contribution in [2.24, 2.45) is 0 Å². The van der Waals surface area contributed by atoms with Gasteiger partial charge in [0, 0.05) is 42.6 Å². The van der Waals surface area contributed by atoms with Gasteiger partial charge in [0.1, 0.15) is 0 Å². The molecule has 0 atom stereocenters. The summed E-state index contributed by atoms with van der Waals surface area (Å²) in [5, 5.41) is 8.11. The van der Waals surface area contributed by atoms with E-state index in [2.05, 4.69) is 16.0 Å². The van der Waals surface area contributed by atoms with Crippen LogP contribution in [0.4, 0.5) is 16.2 Å². The summed E-state index contributed by atoms with van der Waals surface area (Å²) in [6.45, 7) is 3.10. The van der Waals surface area contributed by atoms with Crippen LogP contribution in [0.3, 0.4) is 0 Å². The van der Waals surface area contributed by atoms with Gasteiger partial charge in [0.2, 0.25) is 0 Å². The lowest BCUT2D eigenvalue weighted by atomic mass is 10.1. The van der Waals surface area contributed by atoms with Crippen molar-refractivity contribution in [2.75, 3.05) is 30.4 Å². The largest absolute Gasteiger partial charge is 0.355 e. The summed E-state index contributed by atoms with van der Waals surface area (Å²) in [4.78, 5) is 37.4. The first-order chi connectivity index (χ1) is 12.5. The Labute approximate surface area is 151 Å². The molecule has 0 saturated carbocycles. The standard InChI is InChI=1S/C19H20N4O3/c1-12-11-14(5-8-16(12)23-10-9-21-19(23)26)18(25)22-15-6-3-13(4-7-15)17(24)20-2/h3-8,11H,9-10H2,1-2H3,(H,20,24)(H,21,26)(H,22,25). The molecule has 2 aromatic carbocycles. The minimum absolute atomic E-state index is 0.124. The number of aryl methyl sites for hydroxylation is 1. The van der Waals surface area contributed by atoms with Crippen molar-refractivity contribution in [3.63, 3.8) is 0 Å². The van der Waals surface area contributed by atoms with Gasteiger partial charge < -0.3 is 16.0 Å². The van der Waals surface area contributed by atoms with Gasteiger partial charge in [-0.1, -0.05) is 0 Å². The number of urea groups is 1. The molecular formula is C19H20N4O3. The van der Waals surface area contributed by atoms with Crippen LogP contribution in [0, 0.1) is 6.92 Å². The van der Waals surface area contributed by atoms with Gasteiger partial charge in [-0.15, -0.1) is 0 Å². The highest BCUT2D eigenvalue weighted by molar-refractivity contribution is 6.05. The van der Waals surface area contributed by atoms with Crippen molar-refractivity contribution in [1.29, 1.82) is 0 Å². The maximum Gasteiger partial charge on any atom is 0.322 e. The Morgan fingerprint density at radius 3 is 2.31 bits per heavy atom. The number of carbonyl (C=O) groups excluding carboxylic acids is 3. The van der Waals surface area contributed by atoms with E-state index in [-0.39, 0.29) is 17.8 Å². The summed E-state index contributed by atoms with van der Waals surface area (Å²) in [5.74, 6) is -0.432. The maximum absolute atomic E-state index is 12.5. The van der Waals surface area contributed by atoms with Crippen LogP contribution in [0.1, 0.15) is 26.3 Å². The molecule has 0 unspecified atom stereocenters. The third-order valence-corrected chi connectivity index (χ3v) is 4.24. The van der Waals surface area contributed by atoms with E-state index in [1.165, 1.54) is 0 Å². The van der Waals surface area contributed by atoms with Gasteiger partial charge in [0.15, 0.2) is 0 Å². The molecule has 2 aromatic rings. The number of nitrogens with one attached hydrogen (secondary N) is 3. The zero-order chi connectivity index (χ0) is 18.7. The number of amides is 4. The third-order valence-electron chi connectivity index (χ3n) is 4.24. The molecule has 1 heterocycles. The monoisotopic (exact) mass is 352 g/mol. The van der Waals surface area contributed by atoms with E-state index in [1.54, 1.807) is 54.4 Å². The first-order valence-electron chi connectivity index (χ1n) is 8.29. The van der Waals surface area contributed by atoms with Crippen LogP contribution in [0.2, 0.25) is 0 Å². The summed E-state index contributed by atoms with van der Waals surface area (Å²) in [6.07, 6.45) is 0. The van der Waals surface area contributed by atoms with Gasteiger partial charge in [0.25, 0.3) is 11.8 Å². The number of anilines is 2. The Kier molecular flexibility index (Phi) is 4.88. The predicted octanol–water partition coefficient (Wildman–Crippen LogP) is 2.14. The van der Waals surface area contributed by atoms with E-state index >= 15 is 0 Å². The molecule has 3 rings (SSSR count). The number of hydrogen-bond acceptors (Lipinski definition) is 3. The highest BCUT2D eigenvalue weighted by atomic mass is 16.2. The van der Waals surface area contributed by atoms with E-state index in [4.69, 9.17) is 0 Å². The normalized spacial score (nSPS) is 13.3. The molecule has 4 amide bonds. The molecule has 3 N–H and O–H groups in total. The van der Waals surface area contributed by atoms with Gasteiger partial charge >= 0.3 is 6.03 Å². The molecule has 1 fully saturated rings. The summed E-state index contributed by atoms with van der Waals surface area (Å²) in [6, 6.07) is 11.8. The van der Waals surface area contributed by atoms with Crippen molar-refractivity contribution in [3.8, 4) is 0 Å². The Balaban J connectivity index is 1.73. The predicted molar refractivity (Wildman–Crippen MR) is 99.7 cm³/mol. The molecule has 7 heteroatoms. The molecule has 0 aromatic heterocycles. The molecule has 7 nitrogen and oxygen atoms in total. The van der Waals surface area contributed by atoms with Crippen LogP contribution in [-0.4, -0.2) is 38.0 Å². The maximum atomic E-state index is 12.5. The fraction of sp³-hybridized carbons (Fsp3) is 0.211. The van der Waals surface area contributed by atoms with Gasteiger partial charge in [-0.05, 0) is 55.0 Å². The lowest BCUT2D eigenvalue weighted by molar-refractivity contribution is 0.0962. The van der Waals surface area contributed by atoms with Gasteiger partial charge in [-0.2, -0.15) is 0 Å². The van der Waals surface area contributed by atoms with Crippen LogP contribution in [-0.2, 0) is 0 Å². The summed E-state index contributed by atoms with van der Waals surface area (Å²) in [7, 11) is 1.57. The molecule has 134 valence electrons. The van der Waals surface area contributed by atoms with E-state index < -0.39 is 0 Å². The van der Waals surface area contributed by atoms with Gasteiger partial charge in [-0.25, -0.2) is 4.79 Å². The van der Waals surface area contributed by atoms with Crippen molar-refractivity contribution in [3.05, 3.63) is 59.2 Å². The lowest BCUT2D eigenvalue weighted by Gasteiger charge is -2.17. The van der Waals surface area contributed by atoms with Crippen LogP contribution < -0.4 is 20.9 Å². The second-order valence-corrected chi connectivity index (χ2v) is 6.00. The van der Waals surface area contributed by atoms with Crippen molar-refractivity contribution < 1.29 is 14.4 Å². The summed E-state index contributed by atoms with van der Waals surface area (Å²) in [5.41, 5.74) is 3.27. The second kappa shape index (κ2) is 7.26. The molecule has 0 spiro atoms. The lowest BCUT2D eigenvalue weighted by Crippen LogP contribution is -2.28. The first-order valence-corrected chi connectivity index (χ1v) is 8.29. The molecule has 1 aliphatic heterocycles. The van der Waals surface area contributed by atoms with E-state index in [0.717, 1.165) is 11.3 Å². The zero-order valence-electron chi connectivity index (χ0n) is 14.6. The van der Waals surface area contributed by atoms with E-state index in [0.29, 0.717) is 29.9 Å². The number of nitrogens with zero attached hydrogens (tertiary/aromatic N) is 1. The van der Waals surface area contributed by atoms with Crippen molar-refractivity contribution in [1.82, 2.24) is 10.6 Å². The van der Waals surface area contributed by atoms with Crippen LogP contribution >= 0.6 is 0 Å². The fourth-order valence-electron chi connectivity index (χ4n) is 2.85. The SMILES string of the molecule is CNC(=O)c1ccc(NC(=O)c2ccc(N3CCNC3=O)c(C)c2)cc1. The average molecular weight is 352 g/mol. The molecule has 26 heavy (non-hydrogen) atoms. The Hall–Kier alpha value is -3.35. The van der Waals surface area contributed by atoms with Crippen molar-refractivity contribution >= 4 is 29.2 Å². The number of benzene rings is 2. The zero-order valence-corrected chi connectivity index (χ0v) is 14.6. The quantitative estimate of drug-likeness (QED) is 0.787. The molecule has 1 saturated heterocycles. The Morgan fingerprint density at radius 1 is 1.04 bits per heavy atom. The summed E-state index contributed by atoms with van der Waals surface area (Å²) >= 11 is 0. The molecule has 0 radical (unpaired) electrons. The van der Waals surface area contributed by atoms with Crippen LogP contribution in [0.15, 0.2) is 42.5 Å². The molecule has 0 aliphatic carbocycles. The highest BCUT2D eigenvalue weighted by Gasteiger charge is 2.23. The van der Waals surface area contributed by atoms with Crippen molar-refractivity contribution in [2.45, 2.75) is 6.92 Å². The molecule has 1 aliphatic rings. The summed E-state index contributed by atoms with van der Waals surface area (Å²) < 4.78 is 0. The Bertz CT molecular complexity index is 862. The first kappa shape index (κ1) is 17.5. The minimum Gasteiger partial charge on any atom is -0.355 e. The topological polar surface area (TPSA) is 90.5 Å². The smallest absolute Gasteiger partial charge is 0.322 e. The Morgan fingerprint density at radius 2 is 1.73 bits per heavy atom. The highest BCUT2D eigenvalue weighted by Crippen LogP contribution is 2.23. The molecule has 0 bridgehead atoms. The molecular weight excluding hydrogens is 332 g/mol. The number of hydrogen-bond donors (Lipinski definition) is 3. The number of rotatable bonds is 4. The fourth-order valence-corrected chi connectivity index (χ4v) is 2.85. The number of carbonyl (C=O) groups is 3.